The SMILES string of the molecule is COc1cc(-c2oc3cc(O)cc(O)c3c(=O)c2OC)ccc1[O-]. The van der Waals surface area contributed by atoms with Gasteiger partial charge in [-0.3, -0.25) is 4.79 Å². The van der Waals surface area contributed by atoms with E-state index in [0.717, 1.165) is 6.07 Å². The van der Waals surface area contributed by atoms with Crippen molar-refractivity contribution in [3.63, 3.8) is 0 Å². The number of aromatic hydroxyl groups is 2. The zero-order valence-electron chi connectivity index (χ0n) is 12.8. The smallest absolute Gasteiger partial charge is 0.239 e. The summed E-state index contributed by atoms with van der Waals surface area (Å²) >= 11 is 0. The fraction of sp³-hybridized carbons (Fsp3) is 0.118. The number of benzene rings is 2. The Labute approximate surface area is 135 Å². The van der Waals surface area contributed by atoms with Crippen molar-refractivity contribution in [1.29, 1.82) is 0 Å². The molecule has 0 aliphatic heterocycles. The van der Waals surface area contributed by atoms with Gasteiger partial charge in [0.05, 0.1) is 14.2 Å². The predicted molar refractivity (Wildman–Crippen MR) is 83.8 cm³/mol. The number of ether oxygens (including phenoxy) is 2. The highest BCUT2D eigenvalue weighted by Crippen LogP contribution is 2.37. The zero-order chi connectivity index (χ0) is 17.4. The highest BCUT2D eigenvalue weighted by Gasteiger charge is 2.20. The molecule has 0 unspecified atom stereocenters. The minimum absolute atomic E-state index is 0.0153. The van der Waals surface area contributed by atoms with E-state index < -0.39 is 11.2 Å². The van der Waals surface area contributed by atoms with Crippen LogP contribution in [0.15, 0.2) is 39.5 Å². The first kappa shape index (κ1) is 15.5. The maximum atomic E-state index is 12.6. The molecule has 3 aromatic rings. The molecule has 7 heteroatoms. The standard InChI is InChI=1S/C17H14O7/c1-22-12-5-8(3-4-10(12)19)16-17(23-2)15(21)14-11(20)6-9(18)7-13(14)24-16/h3-7,18-20H,1-2H3/p-1. The van der Waals surface area contributed by atoms with Gasteiger partial charge in [0.15, 0.2) is 5.76 Å². The second kappa shape index (κ2) is 5.69. The minimum atomic E-state index is -0.601. The molecule has 0 aliphatic carbocycles. The Morgan fingerprint density at radius 2 is 1.83 bits per heavy atom. The topological polar surface area (TPSA) is 112 Å². The molecule has 124 valence electrons. The van der Waals surface area contributed by atoms with Crippen molar-refractivity contribution in [2.45, 2.75) is 0 Å². The fourth-order valence-corrected chi connectivity index (χ4v) is 2.45. The van der Waals surface area contributed by atoms with Gasteiger partial charge in [0.1, 0.15) is 28.2 Å². The van der Waals surface area contributed by atoms with Crippen LogP contribution in [0.5, 0.6) is 28.7 Å². The van der Waals surface area contributed by atoms with Crippen molar-refractivity contribution in [2.75, 3.05) is 14.2 Å². The number of hydrogen-bond donors (Lipinski definition) is 2. The van der Waals surface area contributed by atoms with Crippen LogP contribution in [0.3, 0.4) is 0 Å². The summed E-state index contributed by atoms with van der Waals surface area (Å²) in [6, 6.07) is 6.39. The normalized spacial score (nSPS) is 10.8. The number of phenolic OH excluding ortho intramolecular Hbond substituents is 2. The van der Waals surface area contributed by atoms with Crippen LogP contribution in [0, 0.1) is 0 Å². The van der Waals surface area contributed by atoms with Crippen molar-refractivity contribution < 1.29 is 29.2 Å². The quantitative estimate of drug-likeness (QED) is 0.755. The third-order valence-electron chi connectivity index (χ3n) is 3.55. The molecule has 0 spiro atoms. The molecule has 0 amide bonds. The molecular formula is C17H13O7-. The van der Waals surface area contributed by atoms with Gasteiger partial charge in [-0.25, -0.2) is 0 Å². The van der Waals surface area contributed by atoms with Crippen LogP contribution in [0.4, 0.5) is 0 Å². The summed E-state index contributed by atoms with van der Waals surface area (Å²) in [4.78, 5) is 12.6. The molecule has 0 saturated carbocycles. The Kier molecular flexibility index (Phi) is 3.69. The lowest BCUT2D eigenvalue weighted by Crippen LogP contribution is -2.08. The molecule has 24 heavy (non-hydrogen) atoms. The number of rotatable bonds is 3. The van der Waals surface area contributed by atoms with E-state index >= 15 is 0 Å². The Morgan fingerprint density at radius 1 is 1.08 bits per heavy atom. The third-order valence-corrected chi connectivity index (χ3v) is 3.55. The first-order chi connectivity index (χ1) is 11.5. The van der Waals surface area contributed by atoms with Gasteiger partial charge >= 0.3 is 0 Å². The van der Waals surface area contributed by atoms with E-state index in [1.807, 2.05) is 0 Å². The van der Waals surface area contributed by atoms with Crippen LogP contribution in [0.1, 0.15) is 0 Å². The van der Waals surface area contributed by atoms with Crippen molar-refractivity contribution >= 4 is 11.0 Å². The van der Waals surface area contributed by atoms with Gasteiger partial charge < -0.3 is 29.2 Å². The number of hydrogen-bond acceptors (Lipinski definition) is 7. The predicted octanol–water partition coefficient (Wildman–Crippen LogP) is 1.96. The molecule has 1 aromatic heterocycles. The lowest BCUT2D eigenvalue weighted by atomic mass is 10.1. The molecule has 0 saturated heterocycles. The average molecular weight is 329 g/mol. The van der Waals surface area contributed by atoms with Crippen molar-refractivity contribution in [1.82, 2.24) is 0 Å². The average Bonchev–Trinajstić information content (AvgIpc) is 2.54. The van der Waals surface area contributed by atoms with Crippen LogP contribution in [-0.4, -0.2) is 24.4 Å². The number of phenols is 2. The van der Waals surface area contributed by atoms with Crippen molar-refractivity contribution in [2.24, 2.45) is 0 Å². The first-order valence-electron chi connectivity index (χ1n) is 6.88. The molecule has 1 heterocycles. The van der Waals surface area contributed by atoms with E-state index in [2.05, 4.69) is 0 Å². The molecule has 2 aromatic carbocycles. The maximum absolute atomic E-state index is 12.6. The summed E-state index contributed by atoms with van der Waals surface area (Å²) in [6.07, 6.45) is 0. The molecule has 0 aliphatic rings. The highest BCUT2D eigenvalue weighted by molar-refractivity contribution is 5.88. The van der Waals surface area contributed by atoms with E-state index in [1.165, 1.54) is 38.5 Å². The Hall–Kier alpha value is -3.35. The Morgan fingerprint density at radius 3 is 2.50 bits per heavy atom. The van der Waals surface area contributed by atoms with Gasteiger partial charge in [0.2, 0.25) is 11.2 Å². The van der Waals surface area contributed by atoms with Crippen LogP contribution < -0.4 is 20.0 Å². The fourth-order valence-electron chi connectivity index (χ4n) is 2.45. The van der Waals surface area contributed by atoms with Crippen LogP contribution >= 0.6 is 0 Å². The Bertz CT molecular complexity index is 988. The van der Waals surface area contributed by atoms with Crippen molar-refractivity contribution in [3.05, 3.63) is 40.6 Å². The molecular weight excluding hydrogens is 316 g/mol. The lowest BCUT2D eigenvalue weighted by molar-refractivity contribution is -0.270. The largest absolute Gasteiger partial charge is 0.870 e. The minimum Gasteiger partial charge on any atom is -0.870 e. The lowest BCUT2D eigenvalue weighted by Gasteiger charge is -2.15. The van der Waals surface area contributed by atoms with E-state index in [4.69, 9.17) is 13.9 Å². The summed E-state index contributed by atoms with van der Waals surface area (Å²) in [5, 5.41) is 31.0. The van der Waals surface area contributed by atoms with Gasteiger partial charge in [-0.2, -0.15) is 0 Å². The molecule has 0 bridgehead atoms. The second-order valence-corrected chi connectivity index (χ2v) is 5.00. The van der Waals surface area contributed by atoms with E-state index in [-0.39, 0.29) is 39.7 Å². The van der Waals surface area contributed by atoms with Gasteiger partial charge in [-0.1, -0.05) is 17.9 Å². The molecule has 0 fully saturated rings. The molecule has 0 radical (unpaired) electrons. The first-order valence-corrected chi connectivity index (χ1v) is 6.88. The van der Waals surface area contributed by atoms with Crippen LogP contribution in [0.25, 0.3) is 22.3 Å². The monoisotopic (exact) mass is 329 g/mol. The Balaban J connectivity index is 2.38. The van der Waals surface area contributed by atoms with Gasteiger partial charge in [0.25, 0.3) is 0 Å². The second-order valence-electron chi connectivity index (χ2n) is 5.00. The number of fused-ring (bicyclic) bond motifs is 1. The van der Waals surface area contributed by atoms with Gasteiger partial charge in [0, 0.05) is 17.7 Å². The molecule has 2 N–H and O–H groups in total. The van der Waals surface area contributed by atoms with E-state index in [1.54, 1.807) is 0 Å². The van der Waals surface area contributed by atoms with Crippen molar-refractivity contribution in [3.8, 4) is 40.1 Å². The van der Waals surface area contributed by atoms with Crippen LogP contribution in [0.2, 0.25) is 0 Å². The summed E-state index contributed by atoms with van der Waals surface area (Å²) in [7, 11) is 2.64. The maximum Gasteiger partial charge on any atom is 0.239 e. The number of methoxy groups -OCH3 is 2. The third kappa shape index (κ3) is 2.36. The van der Waals surface area contributed by atoms with Gasteiger partial charge in [-0.15, -0.1) is 0 Å². The molecule has 0 atom stereocenters. The summed E-state index contributed by atoms with van der Waals surface area (Å²) in [5.41, 5.74) is -0.236. The highest BCUT2D eigenvalue weighted by atomic mass is 16.5. The molecule has 7 nitrogen and oxygen atoms in total. The van der Waals surface area contributed by atoms with Gasteiger partial charge in [-0.05, 0) is 6.07 Å². The van der Waals surface area contributed by atoms with Crippen LogP contribution in [-0.2, 0) is 0 Å². The van der Waals surface area contributed by atoms with E-state index in [0.29, 0.717) is 5.56 Å². The van der Waals surface area contributed by atoms with E-state index in [9.17, 15) is 20.1 Å². The molecule has 3 rings (SSSR count). The summed E-state index contributed by atoms with van der Waals surface area (Å²) < 4.78 is 15.8. The summed E-state index contributed by atoms with van der Waals surface area (Å²) in [6.45, 7) is 0. The summed E-state index contributed by atoms with van der Waals surface area (Å²) in [5.74, 6) is -1.000. The zero-order valence-corrected chi connectivity index (χ0v) is 12.8.